The first kappa shape index (κ1) is 17.0. The fourth-order valence-corrected chi connectivity index (χ4v) is 2.95. The smallest absolute Gasteiger partial charge is 0.243 e. The highest BCUT2D eigenvalue weighted by Crippen LogP contribution is 2.20. The van der Waals surface area contributed by atoms with Crippen LogP contribution in [0.2, 0.25) is 0 Å². The molecule has 0 saturated heterocycles. The first-order valence-corrected chi connectivity index (χ1v) is 7.58. The van der Waals surface area contributed by atoms with Crippen LogP contribution >= 0.6 is 0 Å². The van der Waals surface area contributed by atoms with Crippen LogP contribution in [0.4, 0.5) is 8.78 Å². The van der Waals surface area contributed by atoms with Gasteiger partial charge in [-0.05, 0) is 31.5 Å². The summed E-state index contributed by atoms with van der Waals surface area (Å²) in [4.78, 5) is -0.749. The Kier molecular flexibility index (Phi) is 6.00. The molecule has 1 aromatic rings. The Labute approximate surface area is 117 Å². The first-order valence-electron chi connectivity index (χ1n) is 6.09. The first-order chi connectivity index (χ1) is 9.31. The van der Waals surface area contributed by atoms with E-state index in [0.717, 1.165) is 12.1 Å². The Balaban J connectivity index is 3.06. The SMILES string of the molecule is CCOCC(C)NS(=O)(=O)c1cc(CN)cc(F)c1F. The number of hydrogen-bond acceptors (Lipinski definition) is 4. The molecule has 114 valence electrons. The quantitative estimate of drug-likeness (QED) is 0.791. The number of rotatable bonds is 7. The van der Waals surface area contributed by atoms with Crippen molar-refractivity contribution in [3.05, 3.63) is 29.3 Å². The molecule has 1 atom stereocenters. The molecule has 0 spiro atoms. The molecule has 8 heteroatoms. The summed E-state index contributed by atoms with van der Waals surface area (Å²) in [6.07, 6.45) is 0. The zero-order valence-corrected chi connectivity index (χ0v) is 12.1. The Bertz CT molecular complexity index is 564. The molecule has 0 fully saturated rings. The third-order valence-electron chi connectivity index (χ3n) is 2.51. The van der Waals surface area contributed by atoms with Gasteiger partial charge in [-0.1, -0.05) is 0 Å². The van der Waals surface area contributed by atoms with Gasteiger partial charge in [0.25, 0.3) is 0 Å². The molecule has 1 rings (SSSR count). The number of hydrogen-bond donors (Lipinski definition) is 2. The molecule has 3 N–H and O–H groups in total. The van der Waals surface area contributed by atoms with Gasteiger partial charge in [-0.2, -0.15) is 0 Å². The van der Waals surface area contributed by atoms with Gasteiger partial charge < -0.3 is 10.5 Å². The van der Waals surface area contributed by atoms with Gasteiger partial charge >= 0.3 is 0 Å². The summed E-state index contributed by atoms with van der Waals surface area (Å²) in [5.74, 6) is -2.66. The van der Waals surface area contributed by atoms with E-state index >= 15 is 0 Å². The lowest BCUT2D eigenvalue weighted by Gasteiger charge is -2.15. The minimum absolute atomic E-state index is 0.0891. The van der Waals surface area contributed by atoms with Gasteiger partial charge in [-0.15, -0.1) is 0 Å². The summed E-state index contributed by atoms with van der Waals surface area (Å²) < 4.78 is 58.4. The average molecular weight is 308 g/mol. The number of nitrogens with one attached hydrogen (secondary N) is 1. The Morgan fingerprint density at radius 2 is 2.05 bits per heavy atom. The Hall–Kier alpha value is -1.09. The standard InChI is InChI=1S/C12H18F2N2O3S/c1-3-19-7-8(2)16-20(17,18)11-5-9(6-15)4-10(13)12(11)14/h4-5,8,16H,3,6-7,15H2,1-2H3. The fourth-order valence-electron chi connectivity index (χ4n) is 1.59. The van der Waals surface area contributed by atoms with Gasteiger partial charge in [-0.25, -0.2) is 21.9 Å². The molecular weight excluding hydrogens is 290 g/mol. The van der Waals surface area contributed by atoms with Gasteiger partial charge in [-0.3, -0.25) is 0 Å². The van der Waals surface area contributed by atoms with Gasteiger partial charge in [0.05, 0.1) is 6.61 Å². The molecule has 1 unspecified atom stereocenters. The molecule has 0 aliphatic rings. The van der Waals surface area contributed by atoms with E-state index in [1.165, 1.54) is 0 Å². The molecule has 0 radical (unpaired) electrons. The number of nitrogens with two attached hydrogens (primary N) is 1. The van der Waals surface area contributed by atoms with Crippen LogP contribution in [0.1, 0.15) is 19.4 Å². The van der Waals surface area contributed by atoms with Gasteiger partial charge in [0, 0.05) is 19.2 Å². The van der Waals surface area contributed by atoms with E-state index in [2.05, 4.69) is 4.72 Å². The molecule has 0 heterocycles. The van der Waals surface area contributed by atoms with E-state index in [-0.39, 0.29) is 18.7 Å². The summed E-state index contributed by atoms with van der Waals surface area (Å²) >= 11 is 0. The molecule has 0 bridgehead atoms. The van der Waals surface area contributed by atoms with Gasteiger partial charge in [0.1, 0.15) is 4.90 Å². The minimum atomic E-state index is -4.18. The summed E-state index contributed by atoms with van der Waals surface area (Å²) in [7, 11) is -4.18. The van der Waals surface area contributed by atoms with Crippen LogP contribution < -0.4 is 10.5 Å². The van der Waals surface area contributed by atoms with Crippen molar-refractivity contribution in [1.29, 1.82) is 0 Å². The predicted molar refractivity (Wildman–Crippen MR) is 70.5 cm³/mol. The van der Waals surface area contributed by atoms with Crippen LogP contribution in [0.3, 0.4) is 0 Å². The number of halogens is 2. The van der Waals surface area contributed by atoms with E-state index in [4.69, 9.17) is 10.5 Å². The van der Waals surface area contributed by atoms with E-state index in [1.54, 1.807) is 13.8 Å². The maximum Gasteiger partial charge on any atom is 0.243 e. The van der Waals surface area contributed by atoms with Crippen molar-refractivity contribution in [2.24, 2.45) is 5.73 Å². The second-order valence-corrected chi connectivity index (χ2v) is 5.96. The van der Waals surface area contributed by atoms with Crippen LogP contribution in [-0.2, 0) is 21.3 Å². The Morgan fingerprint density at radius 1 is 1.40 bits per heavy atom. The highest BCUT2D eigenvalue weighted by Gasteiger charge is 2.24. The van der Waals surface area contributed by atoms with E-state index in [1.807, 2.05) is 0 Å². The van der Waals surface area contributed by atoms with Crippen molar-refractivity contribution in [1.82, 2.24) is 4.72 Å². The summed E-state index contributed by atoms with van der Waals surface area (Å²) in [5.41, 5.74) is 5.52. The zero-order valence-electron chi connectivity index (χ0n) is 11.3. The van der Waals surface area contributed by atoms with Crippen molar-refractivity contribution < 1.29 is 21.9 Å². The van der Waals surface area contributed by atoms with Crippen molar-refractivity contribution in [3.63, 3.8) is 0 Å². The number of ether oxygens (including phenoxy) is 1. The lowest BCUT2D eigenvalue weighted by atomic mass is 10.2. The lowest BCUT2D eigenvalue weighted by Crippen LogP contribution is -2.36. The second-order valence-electron chi connectivity index (χ2n) is 4.28. The summed E-state index contributed by atoms with van der Waals surface area (Å²) in [6.45, 7) is 3.80. The number of benzene rings is 1. The van der Waals surface area contributed by atoms with Crippen molar-refractivity contribution in [2.75, 3.05) is 13.2 Å². The molecule has 1 aromatic carbocycles. The largest absolute Gasteiger partial charge is 0.380 e. The normalized spacial score (nSPS) is 13.4. The van der Waals surface area contributed by atoms with Gasteiger partial charge in [0.2, 0.25) is 10.0 Å². The van der Waals surface area contributed by atoms with Crippen molar-refractivity contribution in [3.8, 4) is 0 Å². The van der Waals surface area contributed by atoms with Crippen LogP contribution in [0.15, 0.2) is 17.0 Å². The molecule has 0 aromatic heterocycles. The third kappa shape index (κ3) is 4.20. The molecule has 0 aliphatic heterocycles. The van der Waals surface area contributed by atoms with Gasteiger partial charge in [0.15, 0.2) is 11.6 Å². The third-order valence-corrected chi connectivity index (χ3v) is 4.10. The maximum atomic E-state index is 13.6. The fraction of sp³-hybridized carbons (Fsp3) is 0.500. The molecule has 0 amide bonds. The van der Waals surface area contributed by atoms with E-state index in [0.29, 0.717) is 6.61 Å². The summed E-state index contributed by atoms with van der Waals surface area (Å²) in [6, 6.07) is 1.33. The second kappa shape index (κ2) is 7.07. The minimum Gasteiger partial charge on any atom is -0.380 e. The highest BCUT2D eigenvalue weighted by atomic mass is 32.2. The van der Waals surface area contributed by atoms with E-state index in [9.17, 15) is 17.2 Å². The molecule has 20 heavy (non-hydrogen) atoms. The van der Waals surface area contributed by atoms with Crippen LogP contribution in [0, 0.1) is 11.6 Å². The van der Waals surface area contributed by atoms with Crippen molar-refractivity contribution >= 4 is 10.0 Å². The lowest BCUT2D eigenvalue weighted by molar-refractivity contribution is 0.133. The molecule has 0 saturated carbocycles. The topological polar surface area (TPSA) is 81.4 Å². The summed E-state index contributed by atoms with van der Waals surface area (Å²) in [5, 5.41) is 0. The zero-order chi connectivity index (χ0) is 15.3. The average Bonchev–Trinajstić information content (AvgIpc) is 2.38. The van der Waals surface area contributed by atoms with Crippen LogP contribution in [0.25, 0.3) is 0 Å². The predicted octanol–water partition coefficient (Wildman–Crippen LogP) is 1.13. The Morgan fingerprint density at radius 3 is 2.60 bits per heavy atom. The highest BCUT2D eigenvalue weighted by molar-refractivity contribution is 7.89. The van der Waals surface area contributed by atoms with E-state index < -0.39 is 32.6 Å². The van der Waals surface area contributed by atoms with Crippen LogP contribution in [-0.4, -0.2) is 27.7 Å². The maximum absolute atomic E-state index is 13.6. The molecular formula is C12H18F2N2O3S. The molecule has 0 aliphatic carbocycles. The van der Waals surface area contributed by atoms with Crippen molar-refractivity contribution in [2.45, 2.75) is 31.3 Å². The number of sulfonamides is 1. The van der Waals surface area contributed by atoms with Crippen LogP contribution in [0.5, 0.6) is 0 Å². The monoisotopic (exact) mass is 308 g/mol. The molecule has 5 nitrogen and oxygen atoms in total.